The van der Waals surface area contributed by atoms with Crippen LogP contribution in [-0.4, -0.2) is 9.13 Å². The van der Waals surface area contributed by atoms with Gasteiger partial charge in [-0.25, -0.2) is 9.69 Å². The van der Waals surface area contributed by atoms with Gasteiger partial charge in [0.05, 0.1) is 69.9 Å². The summed E-state index contributed by atoms with van der Waals surface area (Å²) in [6.45, 7) is 15.6. The molecule has 0 spiro atoms. The van der Waals surface area contributed by atoms with E-state index in [0.29, 0.717) is 33.9 Å². The Balaban J connectivity index is 1.96. The normalized spacial score (nSPS) is 10.7. The molecular weight excluding hydrogens is 444 g/mol. The third-order valence-corrected chi connectivity index (χ3v) is 6.43. The number of nitrogens with zero attached hydrogens (tertiary/aromatic N) is 6. The Morgan fingerprint density at radius 1 is 0.556 bits per heavy atom. The van der Waals surface area contributed by atoms with Crippen molar-refractivity contribution in [3.05, 3.63) is 119 Å². The highest BCUT2D eigenvalue weighted by molar-refractivity contribution is 6.20. The van der Waals surface area contributed by atoms with E-state index in [1.807, 2.05) is 57.7 Å². The van der Waals surface area contributed by atoms with E-state index in [-0.39, 0.29) is 0 Å². The molecule has 0 aliphatic rings. The SMILES string of the molecule is [C-]#[N+]c1cccc(C#N)c1-n1c2ccccc2c2c1c1ccccc1n2-c1c(C#N)cccc1[N+]#[C-]. The first-order chi connectivity index (χ1) is 17.7. The second-order valence-electron chi connectivity index (χ2n) is 8.20. The van der Waals surface area contributed by atoms with Gasteiger partial charge in [0, 0.05) is 10.8 Å². The Labute approximate surface area is 206 Å². The Morgan fingerprint density at radius 3 is 1.36 bits per heavy atom. The van der Waals surface area contributed by atoms with Crippen molar-refractivity contribution in [2.45, 2.75) is 0 Å². The molecule has 0 amide bonds. The molecule has 6 rings (SSSR count). The van der Waals surface area contributed by atoms with Crippen molar-refractivity contribution in [3.63, 3.8) is 0 Å². The standard InChI is InChI=1S/C30H14N6/c1-33-23-13-7-9-19(17-31)27(23)35-25-15-5-3-11-21(25)30-29(35)22-12-4-6-16-26(22)36(30)28-20(18-32)10-8-14-24(28)34-2/h3-16H. The molecule has 0 saturated heterocycles. The lowest BCUT2D eigenvalue weighted by atomic mass is 10.1. The van der Waals surface area contributed by atoms with Crippen LogP contribution in [0.1, 0.15) is 11.1 Å². The molecule has 2 heterocycles. The zero-order valence-electron chi connectivity index (χ0n) is 18.8. The highest BCUT2D eigenvalue weighted by atomic mass is 15.1. The number of hydrogen-bond donors (Lipinski definition) is 0. The fourth-order valence-corrected chi connectivity index (χ4v) is 5.04. The van der Waals surface area contributed by atoms with Gasteiger partial charge in [0.1, 0.15) is 0 Å². The number of fused-ring (bicyclic) bond motifs is 5. The topological polar surface area (TPSA) is 66.2 Å². The van der Waals surface area contributed by atoms with Gasteiger partial charge in [0.2, 0.25) is 11.4 Å². The number of rotatable bonds is 2. The van der Waals surface area contributed by atoms with E-state index in [4.69, 9.17) is 13.1 Å². The fraction of sp³-hybridized carbons (Fsp3) is 0. The van der Waals surface area contributed by atoms with E-state index in [2.05, 4.69) is 21.8 Å². The van der Waals surface area contributed by atoms with Crippen molar-refractivity contribution in [3.8, 4) is 23.5 Å². The Morgan fingerprint density at radius 2 is 0.972 bits per heavy atom. The number of aromatic nitrogens is 2. The summed E-state index contributed by atoms with van der Waals surface area (Å²) in [7, 11) is 0. The molecule has 0 saturated carbocycles. The van der Waals surface area contributed by atoms with Gasteiger partial charge in [0.15, 0.2) is 0 Å². The molecule has 4 aromatic carbocycles. The second-order valence-corrected chi connectivity index (χ2v) is 8.20. The van der Waals surface area contributed by atoms with Gasteiger partial charge < -0.3 is 9.13 Å². The minimum Gasteiger partial charge on any atom is -0.316 e. The number of hydrogen-bond acceptors (Lipinski definition) is 2. The highest BCUT2D eigenvalue weighted by Gasteiger charge is 2.26. The molecule has 0 aliphatic carbocycles. The lowest BCUT2D eigenvalue weighted by Crippen LogP contribution is -1.97. The first-order valence-electron chi connectivity index (χ1n) is 11.1. The molecule has 2 aromatic heterocycles. The molecule has 6 aromatic rings. The van der Waals surface area contributed by atoms with Gasteiger partial charge in [-0.05, 0) is 24.3 Å². The Hall–Kier alpha value is -5.82. The molecule has 0 unspecified atom stereocenters. The molecule has 0 radical (unpaired) electrons. The third kappa shape index (κ3) is 2.68. The monoisotopic (exact) mass is 458 g/mol. The Kier molecular flexibility index (Phi) is 4.55. The van der Waals surface area contributed by atoms with Crippen LogP contribution in [0.15, 0.2) is 84.9 Å². The van der Waals surface area contributed by atoms with Crippen molar-refractivity contribution >= 4 is 44.2 Å². The van der Waals surface area contributed by atoms with Gasteiger partial charge in [-0.1, -0.05) is 60.7 Å². The highest BCUT2D eigenvalue weighted by Crippen LogP contribution is 2.44. The van der Waals surface area contributed by atoms with Crippen LogP contribution in [-0.2, 0) is 0 Å². The quantitative estimate of drug-likeness (QED) is 0.251. The van der Waals surface area contributed by atoms with Crippen LogP contribution in [0, 0.1) is 35.8 Å². The maximum Gasteiger partial charge on any atom is 0.211 e. The molecule has 0 N–H and O–H groups in total. The summed E-state index contributed by atoms with van der Waals surface area (Å²) in [5.41, 5.74) is 5.82. The van der Waals surface area contributed by atoms with Gasteiger partial charge in [-0.15, -0.1) is 0 Å². The van der Waals surface area contributed by atoms with Crippen molar-refractivity contribution in [1.29, 1.82) is 10.5 Å². The number of para-hydroxylation sites is 4. The summed E-state index contributed by atoms with van der Waals surface area (Å²) in [6.07, 6.45) is 0. The van der Waals surface area contributed by atoms with Crippen LogP contribution in [0.2, 0.25) is 0 Å². The average molecular weight is 458 g/mol. The second kappa shape index (κ2) is 7.89. The van der Waals surface area contributed by atoms with Crippen molar-refractivity contribution in [1.82, 2.24) is 9.13 Å². The molecule has 164 valence electrons. The predicted molar refractivity (Wildman–Crippen MR) is 140 cm³/mol. The molecule has 0 aliphatic heterocycles. The molecule has 36 heavy (non-hydrogen) atoms. The molecule has 0 bridgehead atoms. The third-order valence-electron chi connectivity index (χ3n) is 6.43. The molecular formula is C30H14N6. The maximum atomic E-state index is 9.97. The average Bonchev–Trinajstić information content (AvgIpc) is 3.44. The van der Waals surface area contributed by atoms with E-state index < -0.39 is 0 Å². The first-order valence-corrected chi connectivity index (χ1v) is 11.1. The Bertz CT molecular complexity index is 1830. The summed E-state index contributed by atoms with van der Waals surface area (Å²) in [5.74, 6) is 0. The smallest absolute Gasteiger partial charge is 0.211 e. The molecule has 6 nitrogen and oxygen atoms in total. The van der Waals surface area contributed by atoms with Crippen LogP contribution in [0.4, 0.5) is 11.4 Å². The van der Waals surface area contributed by atoms with Crippen LogP contribution in [0.5, 0.6) is 0 Å². The summed E-state index contributed by atoms with van der Waals surface area (Å²) in [5, 5.41) is 21.7. The summed E-state index contributed by atoms with van der Waals surface area (Å²) >= 11 is 0. The van der Waals surface area contributed by atoms with Crippen molar-refractivity contribution in [2.75, 3.05) is 0 Å². The maximum absolute atomic E-state index is 9.97. The van der Waals surface area contributed by atoms with Crippen LogP contribution in [0.3, 0.4) is 0 Å². The zero-order valence-corrected chi connectivity index (χ0v) is 18.8. The predicted octanol–water partition coefficient (Wildman–Crippen LogP) is 7.57. The van der Waals surface area contributed by atoms with Crippen LogP contribution < -0.4 is 0 Å². The van der Waals surface area contributed by atoms with Crippen molar-refractivity contribution in [2.24, 2.45) is 0 Å². The minimum atomic E-state index is 0.368. The fourth-order valence-electron chi connectivity index (χ4n) is 5.04. The molecule has 0 fully saturated rings. The largest absolute Gasteiger partial charge is 0.316 e. The van der Waals surface area contributed by atoms with Gasteiger partial charge in [0.25, 0.3) is 0 Å². The zero-order chi connectivity index (χ0) is 24.8. The molecule has 6 heteroatoms. The van der Waals surface area contributed by atoms with E-state index in [9.17, 15) is 10.5 Å². The van der Waals surface area contributed by atoms with Crippen molar-refractivity contribution < 1.29 is 0 Å². The lowest BCUT2D eigenvalue weighted by Gasteiger charge is -2.12. The summed E-state index contributed by atoms with van der Waals surface area (Å²) < 4.78 is 3.95. The van der Waals surface area contributed by atoms with Gasteiger partial charge >= 0.3 is 0 Å². The van der Waals surface area contributed by atoms with Gasteiger partial charge in [-0.3, -0.25) is 0 Å². The summed E-state index contributed by atoms with van der Waals surface area (Å²) in [6, 6.07) is 30.4. The number of nitriles is 2. The van der Waals surface area contributed by atoms with E-state index in [1.54, 1.807) is 36.4 Å². The minimum absolute atomic E-state index is 0.368. The number of benzene rings is 4. The summed E-state index contributed by atoms with van der Waals surface area (Å²) in [4.78, 5) is 7.47. The van der Waals surface area contributed by atoms with E-state index >= 15 is 0 Å². The first kappa shape index (κ1) is 20.8. The van der Waals surface area contributed by atoms with E-state index in [1.165, 1.54) is 0 Å². The van der Waals surface area contributed by atoms with Crippen LogP contribution in [0.25, 0.3) is 53.9 Å². The van der Waals surface area contributed by atoms with Crippen LogP contribution >= 0.6 is 0 Å². The van der Waals surface area contributed by atoms with Gasteiger partial charge in [-0.2, -0.15) is 10.5 Å². The molecule has 0 atom stereocenters. The van der Waals surface area contributed by atoms with E-state index in [0.717, 1.165) is 32.8 Å². The lowest BCUT2D eigenvalue weighted by molar-refractivity contribution is 1.17.